The molecule has 1 aliphatic rings. The highest BCUT2D eigenvalue weighted by Crippen LogP contribution is 2.34. The van der Waals surface area contributed by atoms with Crippen molar-refractivity contribution < 1.29 is 29.5 Å². The van der Waals surface area contributed by atoms with Crippen molar-refractivity contribution in [1.82, 2.24) is 10.5 Å². The second-order valence-corrected chi connectivity index (χ2v) is 7.40. The Kier molecular flexibility index (Phi) is 7.33. The van der Waals surface area contributed by atoms with E-state index in [0.717, 1.165) is 5.56 Å². The first kappa shape index (κ1) is 23.8. The smallest absolute Gasteiger partial charge is 0.274 e. The van der Waals surface area contributed by atoms with Crippen LogP contribution in [0, 0.1) is 0 Å². The number of carbonyl (C=O) groups excluding carboxylic acids is 1. The minimum absolute atomic E-state index is 0.0468. The van der Waals surface area contributed by atoms with Gasteiger partial charge in [0.15, 0.2) is 35.5 Å². The number of amides is 1. The molecule has 0 saturated carbocycles. The number of hydrogen-bond donors (Lipinski definition) is 7. The monoisotopic (exact) mass is 458 g/mol. The van der Waals surface area contributed by atoms with Crippen molar-refractivity contribution in [2.45, 2.75) is 32.0 Å². The van der Waals surface area contributed by atoms with E-state index in [1.807, 2.05) is 6.07 Å². The number of phenols is 2. The first-order valence-electron chi connectivity index (χ1n) is 10.2. The van der Waals surface area contributed by atoms with Crippen LogP contribution in [0.5, 0.6) is 11.5 Å². The zero-order valence-corrected chi connectivity index (χ0v) is 18.0. The Balaban J connectivity index is 1.94. The van der Waals surface area contributed by atoms with Crippen LogP contribution in [0.1, 0.15) is 24.5 Å². The number of hydrazine groups is 1. The Morgan fingerprint density at radius 1 is 1.36 bits per heavy atom. The van der Waals surface area contributed by atoms with Crippen molar-refractivity contribution in [2.24, 2.45) is 22.3 Å². The van der Waals surface area contributed by atoms with Crippen LogP contribution >= 0.6 is 0 Å². The molecule has 33 heavy (non-hydrogen) atoms. The molecular formula is C21H28N7O5+. The van der Waals surface area contributed by atoms with E-state index in [1.165, 1.54) is 12.3 Å². The van der Waals surface area contributed by atoms with E-state index < -0.39 is 23.8 Å². The lowest BCUT2D eigenvalue weighted by Gasteiger charge is -2.19. The van der Waals surface area contributed by atoms with Crippen molar-refractivity contribution in [3.8, 4) is 17.2 Å². The predicted octanol–water partition coefficient (Wildman–Crippen LogP) is -0.762. The number of pyridine rings is 1. The maximum atomic E-state index is 12.8. The number of aromatic hydroxyl groups is 2. The number of phenolic OH excluding ortho intramolecular Hbond substituents is 2. The number of rotatable bonds is 8. The largest absolute Gasteiger partial charge is 0.504 e. The normalized spacial score (nSPS) is 17.9. The number of aliphatic imine (C=N–C) groups is 1. The summed E-state index contributed by atoms with van der Waals surface area (Å²) < 4.78 is 7.47. The number of hydroxylamine groups is 2. The topological polar surface area (TPSA) is 197 Å². The second kappa shape index (κ2) is 10.2. The highest BCUT2D eigenvalue weighted by molar-refractivity contribution is 6.03. The minimum atomic E-state index is -1.07. The molecule has 12 heteroatoms. The molecule has 0 fully saturated rings. The summed E-state index contributed by atoms with van der Waals surface area (Å²) in [7, 11) is 0. The number of aromatic nitrogens is 1. The molecule has 1 aliphatic heterocycles. The molecule has 0 spiro atoms. The van der Waals surface area contributed by atoms with Crippen molar-refractivity contribution >= 4 is 11.8 Å². The van der Waals surface area contributed by atoms with Crippen molar-refractivity contribution in [1.29, 1.82) is 0 Å². The standard InChI is InChI=1S/C21H27N7O5/c1-12-18(21(31)28(32)8-6-14(10-23)26-24)25-20(33-12)17-15(4-5-16(29)19(17)30)27-7-2-3-13(9-22)11-27/h2-5,7,10-12,18,26,32H,6,8-9,22-24H2,1H3,(H-,25,29,30)/p+1/b14-10-. The van der Waals surface area contributed by atoms with Crippen molar-refractivity contribution in [3.05, 3.63) is 59.7 Å². The van der Waals surface area contributed by atoms with Crippen LogP contribution in [0.25, 0.3) is 5.69 Å². The van der Waals surface area contributed by atoms with Gasteiger partial charge in [0, 0.05) is 42.6 Å². The Morgan fingerprint density at radius 2 is 2.12 bits per heavy atom. The fourth-order valence-corrected chi connectivity index (χ4v) is 3.36. The van der Waals surface area contributed by atoms with E-state index in [2.05, 4.69) is 10.4 Å². The molecule has 0 aliphatic carbocycles. The molecule has 0 bridgehead atoms. The van der Waals surface area contributed by atoms with Gasteiger partial charge in [0.25, 0.3) is 5.91 Å². The Morgan fingerprint density at radius 3 is 2.79 bits per heavy atom. The number of ether oxygens (including phenoxy) is 1. The summed E-state index contributed by atoms with van der Waals surface area (Å²) in [6.07, 6.45) is 4.19. The molecule has 10 N–H and O–H groups in total. The maximum absolute atomic E-state index is 12.8. The van der Waals surface area contributed by atoms with E-state index in [9.17, 15) is 20.2 Å². The molecule has 1 aromatic heterocycles. The number of nitrogens with two attached hydrogens (primary N) is 3. The zero-order valence-electron chi connectivity index (χ0n) is 18.0. The minimum Gasteiger partial charge on any atom is -0.504 e. The number of benzene rings is 1. The number of nitrogens with zero attached hydrogens (tertiary/aromatic N) is 3. The third-order valence-corrected chi connectivity index (χ3v) is 5.21. The van der Waals surface area contributed by atoms with Gasteiger partial charge in [-0.15, -0.1) is 0 Å². The Labute approximate surface area is 190 Å². The number of nitrogens with one attached hydrogen (secondary N) is 1. The molecule has 2 atom stereocenters. The third-order valence-electron chi connectivity index (χ3n) is 5.21. The Bertz CT molecular complexity index is 1090. The van der Waals surface area contributed by atoms with Crippen LogP contribution in [0.2, 0.25) is 0 Å². The number of hydrogen-bond acceptors (Lipinski definition) is 10. The van der Waals surface area contributed by atoms with E-state index in [0.29, 0.717) is 23.0 Å². The van der Waals surface area contributed by atoms with E-state index in [-0.39, 0.29) is 30.2 Å². The first-order chi connectivity index (χ1) is 15.8. The van der Waals surface area contributed by atoms with Crippen LogP contribution in [0.3, 0.4) is 0 Å². The molecule has 3 rings (SSSR count). The van der Waals surface area contributed by atoms with Gasteiger partial charge in [-0.05, 0) is 19.1 Å². The summed E-state index contributed by atoms with van der Waals surface area (Å²) in [6.45, 7) is 1.84. The summed E-state index contributed by atoms with van der Waals surface area (Å²) in [4.78, 5) is 17.1. The highest BCUT2D eigenvalue weighted by atomic mass is 16.5. The molecule has 12 nitrogen and oxygen atoms in total. The molecular weight excluding hydrogens is 430 g/mol. The van der Waals surface area contributed by atoms with E-state index in [1.54, 1.807) is 36.0 Å². The average molecular weight is 458 g/mol. The molecule has 2 heterocycles. The summed E-state index contributed by atoms with van der Waals surface area (Å²) in [5, 5.41) is 31.4. The molecule has 1 aromatic carbocycles. The zero-order chi connectivity index (χ0) is 24.1. The van der Waals surface area contributed by atoms with Gasteiger partial charge in [-0.1, -0.05) is 0 Å². The highest BCUT2D eigenvalue weighted by Gasteiger charge is 2.39. The maximum Gasteiger partial charge on any atom is 0.274 e. The predicted molar refractivity (Wildman–Crippen MR) is 118 cm³/mol. The van der Waals surface area contributed by atoms with Crippen LogP contribution in [0.4, 0.5) is 0 Å². The molecule has 2 unspecified atom stereocenters. The lowest BCUT2D eigenvalue weighted by molar-refractivity contribution is -0.596. The van der Waals surface area contributed by atoms with E-state index in [4.69, 9.17) is 22.0 Å². The summed E-state index contributed by atoms with van der Waals surface area (Å²) in [5.41, 5.74) is 15.3. The molecule has 2 aromatic rings. The average Bonchev–Trinajstić information content (AvgIpc) is 3.21. The van der Waals surface area contributed by atoms with Crippen LogP contribution in [-0.2, 0) is 16.1 Å². The third kappa shape index (κ3) is 4.98. The SMILES string of the molecule is CC1OC(c2c(-[n+]3cccc(CN)c3)ccc(O)c2O)=NC1C(=O)N(O)CC/C(=C/N)NN. The van der Waals surface area contributed by atoms with Gasteiger partial charge in [0.05, 0.1) is 6.54 Å². The lowest BCUT2D eigenvalue weighted by atomic mass is 10.1. The van der Waals surface area contributed by atoms with E-state index >= 15 is 0 Å². The van der Waals surface area contributed by atoms with Gasteiger partial charge >= 0.3 is 0 Å². The van der Waals surface area contributed by atoms with Crippen LogP contribution in [0.15, 0.2) is 53.5 Å². The van der Waals surface area contributed by atoms with Gasteiger partial charge in [0.2, 0.25) is 11.6 Å². The summed E-state index contributed by atoms with van der Waals surface area (Å²) >= 11 is 0. The van der Waals surface area contributed by atoms with Gasteiger partial charge in [-0.25, -0.2) is 10.1 Å². The first-order valence-corrected chi connectivity index (χ1v) is 10.2. The van der Waals surface area contributed by atoms with Gasteiger partial charge < -0.3 is 31.8 Å². The Hall–Kier alpha value is -3.87. The van der Waals surface area contributed by atoms with Crippen molar-refractivity contribution in [3.63, 3.8) is 0 Å². The summed E-state index contributed by atoms with van der Waals surface area (Å²) in [5.74, 6) is 3.72. The fourth-order valence-electron chi connectivity index (χ4n) is 3.36. The van der Waals surface area contributed by atoms with Crippen LogP contribution in [-0.4, -0.2) is 51.0 Å². The lowest BCUT2D eigenvalue weighted by Crippen LogP contribution is -2.41. The molecule has 1 amide bonds. The van der Waals surface area contributed by atoms with Gasteiger partial charge in [-0.3, -0.25) is 15.8 Å². The van der Waals surface area contributed by atoms with Crippen LogP contribution < -0.4 is 27.3 Å². The quantitative estimate of drug-likeness (QED) is 0.0874. The van der Waals surface area contributed by atoms with Gasteiger partial charge in [-0.2, -0.15) is 4.57 Å². The molecule has 0 radical (unpaired) electrons. The van der Waals surface area contributed by atoms with Crippen molar-refractivity contribution in [2.75, 3.05) is 6.54 Å². The fraction of sp³-hybridized carbons (Fsp3) is 0.286. The molecule has 0 saturated heterocycles. The van der Waals surface area contributed by atoms with Gasteiger partial charge in [0.1, 0.15) is 6.10 Å². The second-order valence-electron chi connectivity index (χ2n) is 7.40. The summed E-state index contributed by atoms with van der Waals surface area (Å²) in [6, 6.07) is 5.47. The number of carbonyl (C=O) groups is 1. The molecule has 176 valence electrons.